The van der Waals surface area contributed by atoms with Gasteiger partial charge in [0, 0.05) is 23.0 Å². The molecule has 1 aromatic heterocycles. The van der Waals surface area contributed by atoms with Crippen LogP contribution in [0.3, 0.4) is 0 Å². The van der Waals surface area contributed by atoms with Crippen LogP contribution >= 0.6 is 0 Å². The molecule has 3 aromatic rings. The summed E-state index contributed by atoms with van der Waals surface area (Å²) in [5.74, 6) is 0. The fraction of sp³-hybridized carbons (Fsp3) is 0. The Morgan fingerprint density at radius 1 is 1.24 bits per heavy atom. The number of aromatic nitrogens is 2. The number of hydrogen-bond donors (Lipinski definition) is 1. The Balaban J connectivity index is 2.38. The molecule has 0 aliphatic heterocycles. The quantitative estimate of drug-likeness (QED) is 0.336. The van der Waals surface area contributed by atoms with E-state index in [2.05, 4.69) is 0 Å². The molecule has 2 aromatic carbocycles. The van der Waals surface area contributed by atoms with Gasteiger partial charge in [0.05, 0.1) is 16.4 Å². The van der Waals surface area contributed by atoms with Crippen LogP contribution in [-0.4, -0.2) is 15.0 Å². The van der Waals surface area contributed by atoms with Gasteiger partial charge in [0.2, 0.25) is 5.69 Å². The molecule has 0 fully saturated rings. The van der Waals surface area contributed by atoms with Gasteiger partial charge >= 0.3 is 5.69 Å². The Morgan fingerprint density at radius 3 is 2.57 bits per heavy atom. The summed E-state index contributed by atoms with van der Waals surface area (Å²) in [6, 6.07) is 14.8. The number of non-ortho nitro benzene ring substituents is 1. The molecule has 0 radical (unpaired) electrons. The molecule has 0 saturated heterocycles. The van der Waals surface area contributed by atoms with E-state index in [9.17, 15) is 20.6 Å². The standard InChI is InChI=1S/C14H9N4O3/c15-9-14-12-7-6-11(18(20)21)8-13(12)17(19)16(14)10-4-2-1-3-5-10/h1-8,19H/q+1. The SMILES string of the molecule is N#Cc1c2ccc([N+](=O)[O-])cc2n(O)[n+]1-c1ccccc1. The third-order valence-corrected chi connectivity index (χ3v) is 3.17. The van der Waals surface area contributed by atoms with Crippen LogP contribution in [0.25, 0.3) is 16.6 Å². The first-order valence-electron chi connectivity index (χ1n) is 6.03. The zero-order valence-electron chi connectivity index (χ0n) is 10.7. The van der Waals surface area contributed by atoms with Crippen molar-refractivity contribution in [3.8, 4) is 11.8 Å². The summed E-state index contributed by atoms with van der Waals surface area (Å²) in [6.45, 7) is 0. The number of nitrogens with zero attached hydrogens (tertiary/aromatic N) is 4. The van der Waals surface area contributed by atoms with Gasteiger partial charge in [0.1, 0.15) is 0 Å². The summed E-state index contributed by atoms with van der Waals surface area (Å²) in [5, 5.41) is 30.9. The number of fused-ring (bicyclic) bond motifs is 1. The zero-order chi connectivity index (χ0) is 15.0. The lowest BCUT2D eigenvalue weighted by molar-refractivity contribution is -0.715. The second kappa shape index (κ2) is 4.61. The molecule has 7 nitrogen and oxygen atoms in total. The number of rotatable bonds is 2. The van der Waals surface area contributed by atoms with E-state index in [-0.39, 0.29) is 16.9 Å². The minimum atomic E-state index is -0.550. The molecule has 1 N–H and O–H groups in total. The van der Waals surface area contributed by atoms with Crippen molar-refractivity contribution in [3.63, 3.8) is 0 Å². The van der Waals surface area contributed by atoms with Gasteiger partial charge in [-0.1, -0.05) is 18.2 Å². The Bertz CT molecular complexity index is 894. The highest BCUT2D eigenvalue weighted by molar-refractivity contribution is 5.84. The number of benzene rings is 2. The predicted octanol–water partition coefficient (Wildman–Crippen LogP) is 1.94. The molecule has 21 heavy (non-hydrogen) atoms. The Morgan fingerprint density at radius 2 is 1.95 bits per heavy atom. The summed E-state index contributed by atoms with van der Waals surface area (Å²) in [7, 11) is 0. The number of para-hydroxylation sites is 1. The van der Waals surface area contributed by atoms with Crippen LogP contribution in [0.5, 0.6) is 0 Å². The van der Waals surface area contributed by atoms with Gasteiger partial charge in [-0.05, 0) is 10.7 Å². The Kier molecular flexibility index (Phi) is 2.77. The van der Waals surface area contributed by atoms with E-state index < -0.39 is 4.92 Å². The molecule has 0 atom stereocenters. The maximum atomic E-state index is 10.8. The van der Waals surface area contributed by atoms with Crippen molar-refractivity contribution in [2.75, 3.05) is 0 Å². The van der Waals surface area contributed by atoms with Crippen molar-refractivity contribution in [1.82, 2.24) is 4.85 Å². The molecule has 3 rings (SSSR count). The van der Waals surface area contributed by atoms with E-state index in [1.165, 1.54) is 22.9 Å². The summed E-state index contributed by atoms with van der Waals surface area (Å²) < 4.78 is 1.30. The number of nitro benzene ring substituents is 1. The summed E-state index contributed by atoms with van der Waals surface area (Å²) in [6.07, 6.45) is 0. The summed E-state index contributed by atoms with van der Waals surface area (Å²) in [5.41, 5.74) is 0.827. The van der Waals surface area contributed by atoms with Crippen molar-refractivity contribution in [2.24, 2.45) is 0 Å². The van der Waals surface area contributed by atoms with Crippen molar-refractivity contribution in [3.05, 3.63) is 64.3 Å². The molecule has 0 aliphatic carbocycles. The zero-order valence-corrected chi connectivity index (χ0v) is 10.7. The smallest absolute Gasteiger partial charge is 0.326 e. The minimum absolute atomic E-state index is 0.153. The van der Waals surface area contributed by atoms with E-state index in [1.807, 2.05) is 12.1 Å². The van der Waals surface area contributed by atoms with Gasteiger partial charge in [0.25, 0.3) is 5.69 Å². The first-order valence-corrected chi connectivity index (χ1v) is 6.03. The molecule has 0 unspecified atom stereocenters. The van der Waals surface area contributed by atoms with E-state index in [0.717, 1.165) is 4.85 Å². The highest BCUT2D eigenvalue weighted by Crippen LogP contribution is 2.23. The lowest BCUT2D eigenvalue weighted by Gasteiger charge is -1.95. The monoisotopic (exact) mass is 281 g/mol. The third-order valence-electron chi connectivity index (χ3n) is 3.17. The fourth-order valence-electron chi connectivity index (χ4n) is 2.23. The molecule has 0 amide bonds. The van der Waals surface area contributed by atoms with E-state index in [0.29, 0.717) is 11.1 Å². The first-order chi connectivity index (χ1) is 10.1. The summed E-state index contributed by atoms with van der Waals surface area (Å²) >= 11 is 0. The average Bonchev–Trinajstić information content (AvgIpc) is 2.80. The molecule has 0 bridgehead atoms. The van der Waals surface area contributed by atoms with Crippen molar-refractivity contribution in [1.29, 1.82) is 5.26 Å². The second-order valence-electron chi connectivity index (χ2n) is 4.36. The molecule has 0 spiro atoms. The van der Waals surface area contributed by atoms with Gasteiger partial charge in [-0.2, -0.15) is 5.26 Å². The fourth-order valence-corrected chi connectivity index (χ4v) is 2.23. The molecule has 0 aliphatic rings. The van der Waals surface area contributed by atoms with Gasteiger partial charge in [-0.15, -0.1) is 0 Å². The second-order valence-corrected chi connectivity index (χ2v) is 4.36. The highest BCUT2D eigenvalue weighted by atomic mass is 16.6. The van der Waals surface area contributed by atoms with E-state index >= 15 is 0 Å². The first kappa shape index (κ1) is 12.6. The van der Waals surface area contributed by atoms with Crippen LogP contribution < -0.4 is 4.68 Å². The average molecular weight is 281 g/mol. The van der Waals surface area contributed by atoms with E-state index in [4.69, 9.17) is 0 Å². The number of nitro groups is 1. The normalized spacial score (nSPS) is 10.4. The third kappa shape index (κ3) is 1.86. The molecular weight excluding hydrogens is 272 g/mol. The summed E-state index contributed by atoms with van der Waals surface area (Å²) in [4.78, 5) is 11.0. The van der Waals surface area contributed by atoms with E-state index in [1.54, 1.807) is 24.3 Å². The Hall–Kier alpha value is -3.40. The van der Waals surface area contributed by atoms with Crippen LogP contribution in [0, 0.1) is 21.4 Å². The largest absolute Gasteiger partial charge is 0.383 e. The maximum Gasteiger partial charge on any atom is 0.326 e. The lowest BCUT2D eigenvalue weighted by Crippen LogP contribution is -2.42. The Labute approximate surface area is 118 Å². The number of nitriles is 1. The van der Waals surface area contributed by atoms with Crippen molar-refractivity contribution < 1.29 is 14.8 Å². The predicted molar refractivity (Wildman–Crippen MR) is 72.0 cm³/mol. The van der Waals surface area contributed by atoms with Crippen molar-refractivity contribution >= 4 is 16.6 Å². The van der Waals surface area contributed by atoms with Crippen LogP contribution in [0.15, 0.2) is 48.5 Å². The molecule has 102 valence electrons. The molecular formula is C14H9N4O3+. The maximum absolute atomic E-state index is 10.8. The van der Waals surface area contributed by atoms with Crippen LogP contribution in [0.1, 0.15) is 5.69 Å². The molecule has 0 saturated carbocycles. The van der Waals surface area contributed by atoms with Gasteiger partial charge in [-0.25, -0.2) is 0 Å². The lowest BCUT2D eigenvalue weighted by atomic mass is 10.2. The van der Waals surface area contributed by atoms with Crippen LogP contribution in [0.2, 0.25) is 0 Å². The number of hydrogen-bond acceptors (Lipinski definition) is 4. The van der Waals surface area contributed by atoms with Crippen LogP contribution in [-0.2, 0) is 0 Å². The molecule has 1 heterocycles. The van der Waals surface area contributed by atoms with Gasteiger partial charge in [0.15, 0.2) is 11.6 Å². The van der Waals surface area contributed by atoms with Gasteiger partial charge in [-0.3, -0.25) is 10.1 Å². The van der Waals surface area contributed by atoms with Gasteiger partial charge < -0.3 is 5.21 Å². The minimum Gasteiger partial charge on any atom is -0.383 e. The van der Waals surface area contributed by atoms with Crippen molar-refractivity contribution in [2.45, 2.75) is 0 Å². The molecule has 7 heteroatoms. The van der Waals surface area contributed by atoms with Crippen LogP contribution in [0.4, 0.5) is 5.69 Å². The highest BCUT2D eigenvalue weighted by Gasteiger charge is 2.28. The topological polar surface area (TPSA) is 96.0 Å².